The van der Waals surface area contributed by atoms with E-state index in [1.54, 1.807) is 12.3 Å². The highest BCUT2D eigenvalue weighted by Crippen LogP contribution is 2.28. The molecule has 0 radical (unpaired) electrons. The first-order chi connectivity index (χ1) is 10.8. The van der Waals surface area contributed by atoms with Crippen molar-refractivity contribution in [3.63, 3.8) is 0 Å². The van der Waals surface area contributed by atoms with Gasteiger partial charge < -0.3 is 9.97 Å². The second-order valence-electron chi connectivity index (χ2n) is 5.11. The normalized spacial score (nSPS) is 10.9. The van der Waals surface area contributed by atoms with Crippen LogP contribution in [0, 0.1) is 0 Å². The number of aromatic nitrogens is 3. The Morgan fingerprint density at radius 1 is 0.909 bits per heavy atom. The fraction of sp³-hybridized carbons (Fsp3) is 0. The van der Waals surface area contributed by atoms with Gasteiger partial charge in [-0.2, -0.15) is 0 Å². The predicted molar refractivity (Wildman–Crippen MR) is 87.6 cm³/mol. The van der Waals surface area contributed by atoms with Crippen LogP contribution in [0.25, 0.3) is 33.4 Å². The highest BCUT2D eigenvalue weighted by Gasteiger charge is 2.09. The van der Waals surface area contributed by atoms with Gasteiger partial charge in [0.15, 0.2) is 0 Å². The van der Waals surface area contributed by atoms with Gasteiger partial charge in [-0.3, -0.25) is 4.79 Å². The molecule has 0 unspecified atom stereocenters. The molecule has 0 saturated heterocycles. The molecule has 0 aliphatic heterocycles. The number of nitrogens with one attached hydrogen (secondary N) is 2. The van der Waals surface area contributed by atoms with E-state index in [4.69, 9.17) is 0 Å². The Hall–Kier alpha value is -3.14. The van der Waals surface area contributed by atoms with Crippen LogP contribution in [-0.4, -0.2) is 15.0 Å². The molecular weight excluding hydrogens is 274 g/mol. The van der Waals surface area contributed by atoms with Crippen molar-refractivity contribution in [2.75, 3.05) is 0 Å². The molecule has 0 bridgehead atoms. The second-order valence-corrected chi connectivity index (χ2v) is 5.11. The number of fused-ring (bicyclic) bond motifs is 1. The number of pyridine rings is 2. The summed E-state index contributed by atoms with van der Waals surface area (Å²) in [6.45, 7) is 0. The van der Waals surface area contributed by atoms with Crippen molar-refractivity contribution in [2.45, 2.75) is 0 Å². The monoisotopic (exact) mass is 287 g/mol. The average molecular weight is 287 g/mol. The summed E-state index contributed by atoms with van der Waals surface area (Å²) >= 11 is 0. The molecule has 0 atom stereocenters. The molecule has 0 fully saturated rings. The summed E-state index contributed by atoms with van der Waals surface area (Å²) < 4.78 is 0. The molecule has 2 N–H and O–H groups in total. The van der Waals surface area contributed by atoms with Gasteiger partial charge in [0, 0.05) is 35.1 Å². The number of rotatable bonds is 2. The summed E-state index contributed by atoms with van der Waals surface area (Å²) in [6, 6.07) is 17.3. The Balaban J connectivity index is 1.93. The first kappa shape index (κ1) is 12.6. The molecule has 0 saturated carbocycles. The molecule has 22 heavy (non-hydrogen) atoms. The third kappa shape index (κ3) is 2.11. The van der Waals surface area contributed by atoms with Crippen LogP contribution in [-0.2, 0) is 0 Å². The molecule has 106 valence electrons. The van der Waals surface area contributed by atoms with Gasteiger partial charge in [-0.1, -0.05) is 30.3 Å². The Labute approximate surface area is 126 Å². The Morgan fingerprint density at radius 3 is 2.64 bits per heavy atom. The maximum Gasteiger partial charge on any atom is 0.249 e. The number of hydrogen-bond acceptors (Lipinski definition) is 2. The van der Waals surface area contributed by atoms with Crippen LogP contribution in [0.5, 0.6) is 0 Å². The van der Waals surface area contributed by atoms with Crippen molar-refractivity contribution in [1.82, 2.24) is 15.0 Å². The maximum atomic E-state index is 12.0. The van der Waals surface area contributed by atoms with Gasteiger partial charge in [-0.15, -0.1) is 0 Å². The Kier molecular flexibility index (Phi) is 2.86. The molecule has 4 heteroatoms. The summed E-state index contributed by atoms with van der Waals surface area (Å²) in [6.07, 6.45) is 3.64. The van der Waals surface area contributed by atoms with Crippen LogP contribution in [0.4, 0.5) is 0 Å². The fourth-order valence-corrected chi connectivity index (χ4v) is 2.67. The molecular formula is C18H13N3O. The topological polar surface area (TPSA) is 61.5 Å². The Morgan fingerprint density at radius 2 is 1.77 bits per heavy atom. The van der Waals surface area contributed by atoms with Crippen LogP contribution in [0.2, 0.25) is 0 Å². The van der Waals surface area contributed by atoms with E-state index in [0.717, 1.165) is 33.4 Å². The summed E-state index contributed by atoms with van der Waals surface area (Å²) in [5.41, 5.74) is 4.35. The fourth-order valence-electron chi connectivity index (χ4n) is 2.67. The molecule has 0 aliphatic rings. The van der Waals surface area contributed by atoms with E-state index in [9.17, 15) is 4.79 Å². The van der Waals surface area contributed by atoms with Gasteiger partial charge in [0.05, 0.1) is 0 Å². The van der Waals surface area contributed by atoms with Gasteiger partial charge in [0.1, 0.15) is 5.65 Å². The number of aromatic amines is 2. The lowest BCUT2D eigenvalue weighted by Gasteiger charge is -2.05. The zero-order valence-electron chi connectivity index (χ0n) is 11.7. The minimum atomic E-state index is -0.116. The molecule has 0 spiro atoms. The zero-order chi connectivity index (χ0) is 14.9. The van der Waals surface area contributed by atoms with E-state index in [2.05, 4.69) is 15.0 Å². The van der Waals surface area contributed by atoms with Gasteiger partial charge in [0.25, 0.3) is 0 Å². The SMILES string of the molecule is O=c1cc(-c2c[nH]c3ncccc23)cc(-c2ccccc2)[nH]1. The highest BCUT2D eigenvalue weighted by molar-refractivity contribution is 5.93. The summed E-state index contributed by atoms with van der Waals surface area (Å²) in [4.78, 5) is 22.4. The predicted octanol–water partition coefficient (Wildman–Crippen LogP) is 3.59. The largest absolute Gasteiger partial charge is 0.346 e. The highest BCUT2D eigenvalue weighted by atomic mass is 16.1. The number of hydrogen-bond donors (Lipinski definition) is 2. The summed E-state index contributed by atoms with van der Waals surface area (Å²) in [5.74, 6) is 0. The third-order valence-corrected chi connectivity index (χ3v) is 3.69. The van der Waals surface area contributed by atoms with E-state index in [1.807, 2.05) is 54.7 Å². The van der Waals surface area contributed by atoms with E-state index in [0.29, 0.717) is 0 Å². The van der Waals surface area contributed by atoms with Gasteiger partial charge in [0.2, 0.25) is 5.56 Å². The third-order valence-electron chi connectivity index (χ3n) is 3.69. The molecule has 0 amide bonds. The minimum Gasteiger partial charge on any atom is -0.346 e. The standard InChI is InChI=1S/C18H13N3O/c22-17-10-13(9-16(21-17)12-5-2-1-3-6-12)15-11-20-18-14(15)7-4-8-19-18/h1-11H,(H,19,20)(H,21,22). The van der Waals surface area contributed by atoms with E-state index in [-0.39, 0.29) is 5.56 Å². The van der Waals surface area contributed by atoms with Crippen LogP contribution in [0.3, 0.4) is 0 Å². The number of benzene rings is 1. The lowest BCUT2D eigenvalue weighted by atomic mass is 10.0. The van der Waals surface area contributed by atoms with E-state index in [1.165, 1.54) is 0 Å². The van der Waals surface area contributed by atoms with Crippen LogP contribution in [0.15, 0.2) is 71.8 Å². The van der Waals surface area contributed by atoms with Crippen molar-refractivity contribution < 1.29 is 0 Å². The molecule has 0 aliphatic carbocycles. The zero-order valence-corrected chi connectivity index (χ0v) is 11.7. The van der Waals surface area contributed by atoms with Crippen molar-refractivity contribution >= 4 is 11.0 Å². The first-order valence-electron chi connectivity index (χ1n) is 7.03. The van der Waals surface area contributed by atoms with Gasteiger partial charge >= 0.3 is 0 Å². The maximum absolute atomic E-state index is 12.0. The van der Waals surface area contributed by atoms with E-state index >= 15 is 0 Å². The van der Waals surface area contributed by atoms with Crippen LogP contribution >= 0.6 is 0 Å². The van der Waals surface area contributed by atoms with Crippen molar-refractivity contribution in [1.29, 1.82) is 0 Å². The van der Waals surface area contributed by atoms with E-state index < -0.39 is 0 Å². The molecule has 3 aromatic heterocycles. The molecule has 4 aromatic rings. The van der Waals surface area contributed by atoms with Gasteiger partial charge in [-0.05, 0) is 29.3 Å². The average Bonchev–Trinajstić information content (AvgIpc) is 2.99. The van der Waals surface area contributed by atoms with Crippen LogP contribution in [0.1, 0.15) is 0 Å². The number of H-pyrrole nitrogens is 2. The molecule has 3 heterocycles. The first-order valence-corrected chi connectivity index (χ1v) is 7.03. The number of nitrogens with zero attached hydrogens (tertiary/aromatic N) is 1. The minimum absolute atomic E-state index is 0.116. The lowest BCUT2D eigenvalue weighted by Crippen LogP contribution is -2.05. The Bertz CT molecular complexity index is 999. The van der Waals surface area contributed by atoms with Gasteiger partial charge in [-0.25, -0.2) is 4.98 Å². The molecule has 4 rings (SSSR count). The molecule has 4 nitrogen and oxygen atoms in total. The summed E-state index contributed by atoms with van der Waals surface area (Å²) in [5, 5.41) is 1.01. The quantitative estimate of drug-likeness (QED) is 0.592. The summed E-state index contributed by atoms with van der Waals surface area (Å²) in [7, 11) is 0. The molecule has 1 aromatic carbocycles. The van der Waals surface area contributed by atoms with Crippen molar-refractivity contribution in [3.8, 4) is 22.4 Å². The van der Waals surface area contributed by atoms with Crippen molar-refractivity contribution in [3.05, 3.63) is 77.3 Å². The second kappa shape index (κ2) is 5.00. The van der Waals surface area contributed by atoms with Crippen LogP contribution < -0.4 is 5.56 Å². The van der Waals surface area contributed by atoms with Crippen molar-refractivity contribution in [2.24, 2.45) is 0 Å². The smallest absolute Gasteiger partial charge is 0.249 e. The lowest BCUT2D eigenvalue weighted by molar-refractivity contribution is 1.24.